The zero-order valence-corrected chi connectivity index (χ0v) is 25.8. The molecule has 2 aromatic carbocycles. The van der Waals surface area contributed by atoms with Crippen molar-refractivity contribution >= 4 is 40.7 Å². The van der Waals surface area contributed by atoms with E-state index in [9.17, 15) is 9.59 Å². The number of anilines is 1. The molecular weight excluding hydrogens is 549 g/mol. The topological polar surface area (TPSA) is 68.4 Å². The van der Waals surface area contributed by atoms with Gasteiger partial charge in [0.05, 0.1) is 13.2 Å². The van der Waals surface area contributed by atoms with E-state index in [4.69, 9.17) is 27.9 Å². The van der Waals surface area contributed by atoms with Crippen LogP contribution in [0.5, 0.6) is 0 Å². The van der Waals surface area contributed by atoms with Crippen molar-refractivity contribution in [2.45, 2.75) is 38.9 Å². The summed E-state index contributed by atoms with van der Waals surface area (Å²) in [5.74, 6) is -0.137. The van der Waals surface area contributed by atoms with Crippen molar-refractivity contribution in [2.75, 3.05) is 72.0 Å². The van der Waals surface area contributed by atoms with Crippen LogP contribution in [-0.2, 0) is 27.3 Å². The second-order valence-corrected chi connectivity index (χ2v) is 11.4. The predicted molar refractivity (Wildman–Crippen MR) is 163 cm³/mol. The summed E-state index contributed by atoms with van der Waals surface area (Å²) >= 11 is 12.6. The standard InChI is InChI=1S/C30H43Cl2N5O3/c1-6-37(29(38)20-34(3)4)28(17-23-11-12-25(31)18-26(23)32)30(39)36-15-13-35(14-16-36)27-10-8-7-9-24(27)19-33-22(2)21-40-5/h7-12,18,22,28,33H,6,13-17,19-21H2,1-5H3/t22?,28-/m1/s1. The lowest BCUT2D eigenvalue weighted by molar-refractivity contribution is -0.146. The fourth-order valence-corrected chi connectivity index (χ4v) is 5.58. The van der Waals surface area contributed by atoms with E-state index in [2.05, 4.69) is 41.4 Å². The molecule has 40 heavy (non-hydrogen) atoms. The van der Waals surface area contributed by atoms with Gasteiger partial charge in [0, 0.05) is 74.6 Å². The molecule has 1 unspecified atom stereocenters. The van der Waals surface area contributed by atoms with Gasteiger partial charge in [-0.25, -0.2) is 0 Å². The van der Waals surface area contributed by atoms with Crippen LogP contribution in [0.4, 0.5) is 5.69 Å². The highest BCUT2D eigenvalue weighted by molar-refractivity contribution is 6.35. The zero-order chi connectivity index (χ0) is 29.2. The number of amides is 2. The molecule has 0 bridgehead atoms. The number of carbonyl (C=O) groups is 2. The van der Waals surface area contributed by atoms with Gasteiger partial charge in [0.25, 0.3) is 0 Å². The van der Waals surface area contributed by atoms with Crippen LogP contribution in [0.25, 0.3) is 0 Å². The molecule has 0 spiro atoms. The molecule has 1 saturated heterocycles. The summed E-state index contributed by atoms with van der Waals surface area (Å²) in [7, 11) is 5.41. The van der Waals surface area contributed by atoms with E-state index >= 15 is 0 Å². The third kappa shape index (κ3) is 8.82. The summed E-state index contributed by atoms with van der Waals surface area (Å²) in [6.45, 7) is 8.63. The van der Waals surface area contributed by atoms with Crippen molar-refractivity contribution in [3.05, 3.63) is 63.6 Å². The number of carbonyl (C=O) groups excluding carboxylic acids is 2. The molecule has 2 atom stereocenters. The van der Waals surface area contributed by atoms with E-state index in [-0.39, 0.29) is 24.4 Å². The lowest BCUT2D eigenvalue weighted by atomic mass is 10.0. The Morgan fingerprint density at radius 3 is 2.38 bits per heavy atom. The molecule has 1 aliphatic heterocycles. The monoisotopic (exact) mass is 591 g/mol. The van der Waals surface area contributed by atoms with E-state index in [1.54, 1.807) is 24.1 Å². The third-order valence-corrected chi connectivity index (χ3v) is 7.77. The first-order valence-corrected chi connectivity index (χ1v) is 14.6. The van der Waals surface area contributed by atoms with Gasteiger partial charge >= 0.3 is 0 Å². The maximum atomic E-state index is 14.0. The van der Waals surface area contributed by atoms with E-state index in [1.807, 2.05) is 36.9 Å². The molecule has 0 aromatic heterocycles. The van der Waals surface area contributed by atoms with Crippen molar-refractivity contribution in [3.8, 4) is 0 Å². The Labute approximate surface area is 249 Å². The molecule has 1 aliphatic rings. The number of methoxy groups -OCH3 is 1. The van der Waals surface area contributed by atoms with E-state index in [0.717, 1.165) is 12.1 Å². The van der Waals surface area contributed by atoms with Gasteiger partial charge in [-0.3, -0.25) is 9.59 Å². The quantitative estimate of drug-likeness (QED) is 0.382. The Hall–Kier alpha value is -2.36. The van der Waals surface area contributed by atoms with Gasteiger partial charge in [0.1, 0.15) is 6.04 Å². The molecule has 0 aliphatic carbocycles. The van der Waals surface area contributed by atoms with Crippen LogP contribution >= 0.6 is 23.2 Å². The van der Waals surface area contributed by atoms with Crippen molar-refractivity contribution in [1.29, 1.82) is 0 Å². The number of ether oxygens (including phenoxy) is 1. The number of benzene rings is 2. The first-order valence-electron chi connectivity index (χ1n) is 13.9. The predicted octanol–water partition coefficient (Wildman–Crippen LogP) is 3.79. The summed E-state index contributed by atoms with van der Waals surface area (Å²) in [5.41, 5.74) is 3.18. The minimum atomic E-state index is -0.651. The summed E-state index contributed by atoms with van der Waals surface area (Å²) in [5, 5.41) is 4.55. The third-order valence-electron chi connectivity index (χ3n) is 7.18. The van der Waals surface area contributed by atoms with Gasteiger partial charge in [-0.05, 0) is 57.3 Å². The van der Waals surface area contributed by atoms with Gasteiger partial charge in [-0.15, -0.1) is 0 Å². The number of nitrogens with zero attached hydrogens (tertiary/aromatic N) is 4. The average molecular weight is 593 g/mol. The summed E-state index contributed by atoms with van der Waals surface area (Å²) in [6.07, 6.45) is 0.330. The van der Waals surface area contributed by atoms with Crippen LogP contribution < -0.4 is 10.2 Å². The van der Waals surface area contributed by atoms with Crippen molar-refractivity contribution in [1.82, 2.24) is 20.0 Å². The molecular formula is C30H43Cl2N5O3. The van der Waals surface area contributed by atoms with Crippen molar-refractivity contribution < 1.29 is 14.3 Å². The maximum absolute atomic E-state index is 14.0. The number of hydrogen-bond acceptors (Lipinski definition) is 6. The summed E-state index contributed by atoms with van der Waals surface area (Å²) in [4.78, 5) is 35.0. The Bertz CT molecular complexity index is 1120. The number of para-hydroxylation sites is 1. The average Bonchev–Trinajstić information content (AvgIpc) is 2.92. The zero-order valence-electron chi connectivity index (χ0n) is 24.3. The van der Waals surface area contributed by atoms with Crippen LogP contribution in [0.3, 0.4) is 0 Å². The lowest BCUT2D eigenvalue weighted by Gasteiger charge is -2.40. The number of likely N-dealkylation sites (N-methyl/N-ethyl adjacent to an activating group) is 2. The molecule has 10 heteroatoms. The largest absolute Gasteiger partial charge is 0.383 e. The van der Waals surface area contributed by atoms with Gasteiger partial charge < -0.3 is 29.7 Å². The second-order valence-electron chi connectivity index (χ2n) is 10.6. The number of piperazine rings is 1. The Morgan fingerprint density at radius 1 is 1.05 bits per heavy atom. The molecule has 2 aromatic rings. The molecule has 1 N–H and O–H groups in total. The van der Waals surface area contributed by atoms with Gasteiger partial charge in [0.15, 0.2) is 0 Å². The number of rotatable bonds is 13. The smallest absolute Gasteiger partial charge is 0.245 e. The van der Waals surface area contributed by atoms with Crippen LogP contribution in [0.1, 0.15) is 25.0 Å². The minimum absolute atomic E-state index is 0.0528. The first kappa shape index (κ1) is 32.2. The lowest BCUT2D eigenvalue weighted by Crippen LogP contribution is -2.57. The summed E-state index contributed by atoms with van der Waals surface area (Å²) in [6, 6.07) is 13.3. The highest BCUT2D eigenvalue weighted by Crippen LogP contribution is 2.26. The van der Waals surface area contributed by atoms with Gasteiger partial charge in [0.2, 0.25) is 11.8 Å². The number of halogens is 2. The fourth-order valence-electron chi connectivity index (χ4n) is 5.10. The molecule has 8 nitrogen and oxygen atoms in total. The number of nitrogens with one attached hydrogen (secondary N) is 1. The van der Waals surface area contributed by atoms with E-state index in [0.29, 0.717) is 55.8 Å². The van der Waals surface area contributed by atoms with Crippen molar-refractivity contribution in [2.24, 2.45) is 0 Å². The van der Waals surface area contributed by atoms with E-state index in [1.165, 1.54) is 11.3 Å². The minimum Gasteiger partial charge on any atom is -0.383 e. The van der Waals surface area contributed by atoms with Gasteiger partial charge in [-0.1, -0.05) is 47.5 Å². The van der Waals surface area contributed by atoms with Gasteiger partial charge in [-0.2, -0.15) is 0 Å². The molecule has 220 valence electrons. The Kier molecular flexibility index (Phi) is 12.5. The van der Waals surface area contributed by atoms with Crippen LogP contribution in [-0.4, -0.2) is 106 Å². The molecule has 3 rings (SSSR count). The second kappa shape index (κ2) is 15.6. The molecule has 0 radical (unpaired) electrons. The molecule has 1 heterocycles. The van der Waals surface area contributed by atoms with Crippen LogP contribution in [0.2, 0.25) is 10.0 Å². The normalized spacial score (nSPS) is 15.3. The van der Waals surface area contributed by atoms with Crippen LogP contribution in [0.15, 0.2) is 42.5 Å². The highest BCUT2D eigenvalue weighted by Gasteiger charge is 2.34. The SMILES string of the molecule is CCN(C(=O)CN(C)C)[C@H](Cc1ccc(Cl)cc1Cl)C(=O)N1CCN(c2ccccc2CNC(C)COC)CC1. The highest BCUT2D eigenvalue weighted by atomic mass is 35.5. The first-order chi connectivity index (χ1) is 19.1. The molecule has 1 fully saturated rings. The summed E-state index contributed by atoms with van der Waals surface area (Å²) < 4.78 is 5.25. The molecule has 2 amide bonds. The van der Waals surface area contributed by atoms with Crippen LogP contribution in [0, 0.1) is 0 Å². The number of hydrogen-bond donors (Lipinski definition) is 1. The fraction of sp³-hybridized carbons (Fsp3) is 0.533. The van der Waals surface area contributed by atoms with E-state index < -0.39 is 6.04 Å². The Morgan fingerprint density at radius 2 is 1.75 bits per heavy atom. The molecule has 0 saturated carbocycles. The maximum Gasteiger partial charge on any atom is 0.245 e. The Balaban J connectivity index is 1.76. The van der Waals surface area contributed by atoms with Crippen molar-refractivity contribution in [3.63, 3.8) is 0 Å².